The number of anilines is 1. The van der Waals surface area contributed by atoms with Gasteiger partial charge in [0.05, 0.1) is 0 Å². The molecule has 0 spiro atoms. The van der Waals surface area contributed by atoms with Crippen molar-refractivity contribution in [3.63, 3.8) is 0 Å². The maximum atomic E-state index is 12.6. The predicted molar refractivity (Wildman–Crippen MR) is 97.3 cm³/mol. The van der Waals surface area contributed by atoms with Crippen molar-refractivity contribution in [2.75, 3.05) is 11.9 Å². The van der Waals surface area contributed by atoms with Crippen molar-refractivity contribution >= 4 is 23.5 Å². The second kappa shape index (κ2) is 7.25. The molecule has 0 bridgehead atoms. The third-order valence-corrected chi connectivity index (χ3v) is 4.75. The molecular weight excluding hydrogens is 318 g/mol. The summed E-state index contributed by atoms with van der Waals surface area (Å²) in [6.45, 7) is 9.46. The Morgan fingerprint density at radius 2 is 1.96 bits per heavy atom. The van der Waals surface area contributed by atoms with Gasteiger partial charge in [0.1, 0.15) is 12.1 Å². The minimum Gasteiger partial charge on any atom is -0.324 e. The van der Waals surface area contributed by atoms with Crippen LogP contribution in [0.15, 0.2) is 18.2 Å². The van der Waals surface area contributed by atoms with Crippen LogP contribution in [-0.2, 0) is 9.59 Å². The van der Waals surface area contributed by atoms with E-state index in [1.807, 2.05) is 26.0 Å². The molecule has 1 aliphatic rings. The molecule has 2 rings (SSSR count). The molecule has 1 heterocycles. The van der Waals surface area contributed by atoms with E-state index in [1.54, 1.807) is 13.0 Å². The van der Waals surface area contributed by atoms with E-state index in [4.69, 9.17) is 0 Å². The van der Waals surface area contributed by atoms with Gasteiger partial charge in [0.2, 0.25) is 5.91 Å². The minimum atomic E-state index is -0.930. The number of carbonyl (C=O) groups excluding carboxylic acids is 3. The summed E-state index contributed by atoms with van der Waals surface area (Å²) in [5, 5.41) is 5.52. The fraction of sp³-hybridized carbons (Fsp3) is 0.526. The summed E-state index contributed by atoms with van der Waals surface area (Å²) in [4.78, 5) is 38.1. The lowest BCUT2D eigenvalue weighted by Crippen LogP contribution is -2.44. The van der Waals surface area contributed by atoms with Crippen molar-refractivity contribution in [2.45, 2.75) is 53.0 Å². The van der Waals surface area contributed by atoms with Crippen molar-refractivity contribution in [2.24, 2.45) is 5.92 Å². The molecule has 25 heavy (non-hydrogen) atoms. The van der Waals surface area contributed by atoms with Crippen LogP contribution in [0.4, 0.5) is 10.5 Å². The lowest BCUT2D eigenvalue weighted by molar-refractivity contribution is -0.133. The Labute approximate surface area is 149 Å². The zero-order valence-electron chi connectivity index (χ0n) is 15.6. The van der Waals surface area contributed by atoms with Crippen molar-refractivity contribution in [1.29, 1.82) is 0 Å². The predicted octanol–water partition coefficient (Wildman–Crippen LogP) is 2.99. The van der Waals surface area contributed by atoms with Crippen LogP contribution < -0.4 is 10.6 Å². The molecule has 0 saturated carbocycles. The van der Waals surface area contributed by atoms with Crippen LogP contribution >= 0.6 is 0 Å². The Kier molecular flexibility index (Phi) is 5.50. The number of hydrogen-bond donors (Lipinski definition) is 2. The molecule has 1 aliphatic heterocycles. The first kappa shape index (κ1) is 19.0. The smallest absolute Gasteiger partial charge is 0.324 e. The van der Waals surface area contributed by atoms with E-state index < -0.39 is 11.6 Å². The van der Waals surface area contributed by atoms with Gasteiger partial charge in [-0.05, 0) is 56.7 Å². The fourth-order valence-electron chi connectivity index (χ4n) is 2.86. The number of benzene rings is 1. The van der Waals surface area contributed by atoms with Crippen LogP contribution in [0.5, 0.6) is 0 Å². The van der Waals surface area contributed by atoms with Gasteiger partial charge in [0.25, 0.3) is 5.91 Å². The van der Waals surface area contributed by atoms with Crippen molar-refractivity contribution in [3.05, 3.63) is 29.3 Å². The van der Waals surface area contributed by atoms with Gasteiger partial charge in [-0.15, -0.1) is 0 Å². The van der Waals surface area contributed by atoms with Gasteiger partial charge in [-0.1, -0.05) is 26.0 Å². The molecule has 1 aromatic carbocycles. The summed E-state index contributed by atoms with van der Waals surface area (Å²) >= 11 is 0. The van der Waals surface area contributed by atoms with Crippen LogP contribution in [0, 0.1) is 19.8 Å². The van der Waals surface area contributed by atoms with E-state index in [9.17, 15) is 14.4 Å². The summed E-state index contributed by atoms with van der Waals surface area (Å²) in [6.07, 6.45) is 1.38. The lowest BCUT2D eigenvalue weighted by atomic mass is 9.92. The monoisotopic (exact) mass is 345 g/mol. The number of imide groups is 1. The molecule has 1 aromatic rings. The normalized spacial score (nSPS) is 20.2. The topological polar surface area (TPSA) is 78.5 Å². The number of nitrogens with zero attached hydrogens (tertiary/aromatic N) is 1. The van der Waals surface area contributed by atoms with E-state index >= 15 is 0 Å². The maximum absolute atomic E-state index is 12.6. The molecule has 0 aliphatic carbocycles. The van der Waals surface area contributed by atoms with E-state index in [0.717, 1.165) is 22.4 Å². The molecule has 1 unspecified atom stereocenters. The van der Waals surface area contributed by atoms with Gasteiger partial charge < -0.3 is 10.6 Å². The van der Waals surface area contributed by atoms with Crippen molar-refractivity contribution in [3.8, 4) is 0 Å². The summed E-state index contributed by atoms with van der Waals surface area (Å²) in [5.41, 5.74) is 1.80. The molecular formula is C19H27N3O3. The average Bonchev–Trinajstić information content (AvgIpc) is 2.74. The summed E-state index contributed by atoms with van der Waals surface area (Å²) in [5.74, 6) is -0.289. The minimum absolute atomic E-state index is 0.282. The number of urea groups is 1. The SMILES string of the molecule is Cc1cccc(NC(=O)CN2C(=O)NC(C)(CCC(C)C)C2=O)c1C. The number of nitrogens with one attached hydrogen (secondary N) is 2. The van der Waals surface area contributed by atoms with Crippen molar-refractivity contribution in [1.82, 2.24) is 10.2 Å². The first-order chi connectivity index (χ1) is 11.6. The van der Waals surface area contributed by atoms with Gasteiger partial charge >= 0.3 is 6.03 Å². The highest BCUT2D eigenvalue weighted by Crippen LogP contribution is 2.25. The Hall–Kier alpha value is -2.37. The fourth-order valence-corrected chi connectivity index (χ4v) is 2.86. The number of carbonyl (C=O) groups is 3. The highest BCUT2D eigenvalue weighted by atomic mass is 16.2. The van der Waals surface area contributed by atoms with Gasteiger partial charge in [0.15, 0.2) is 0 Å². The number of hydrogen-bond acceptors (Lipinski definition) is 3. The summed E-state index contributed by atoms with van der Waals surface area (Å²) in [6, 6.07) is 5.11. The Morgan fingerprint density at radius 3 is 2.60 bits per heavy atom. The zero-order valence-corrected chi connectivity index (χ0v) is 15.6. The van der Waals surface area contributed by atoms with E-state index in [1.165, 1.54) is 0 Å². The molecule has 4 amide bonds. The molecule has 1 atom stereocenters. The van der Waals surface area contributed by atoms with Crippen LogP contribution in [0.25, 0.3) is 0 Å². The van der Waals surface area contributed by atoms with Crippen LogP contribution in [0.3, 0.4) is 0 Å². The van der Waals surface area contributed by atoms with E-state index in [-0.39, 0.29) is 18.4 Å². The van der Waals surface area contributed by atoms with Crippen LogP contribution in [-0.4, -0.2) is 34.8 Å². The zero-order chi connectivity index (χ0) is 18.8. The Bertz CT molecular complexity index is 699. The average molecular weight is 345 g/mol. The second-order valence-electron chi connectivity index (χ2n) is 7.38. The highest BCUT2D eigenvalue weighted by molar-refractivity contribution is 6.10. The number of aryl methyl sites for hydroxylation is 1. The quantitative estimate of drug-likeness (QED) is 0.778. The first-order valence-electron chi connectivity index (χ1n) is 8.64. The molecule has 0 aromatic heterocycles. The van der Waals surface area contributed by atoms with Gasteiger partial charge in [-0.2, -0.15) is 0 Å². The molecule has 1 fully saturated rings. The third kappa shape index (κ3) is 4.18. The molecule has 6 nitrogen and oxygen atoms in total. The lowest BCUT2D eigenvalue weighted by Gasteiger charge is -2.22. The number of rotatable bonds is 6. The number of amides is 4. The van der Waals surface area contributed by atoms with Crippen LogP contribution in [0.2, 0.25) is 0 Å². The molecule has 0 radical (unpaired) electrons. The van der Waals surface area contributed by atoms with E-state index in [0.29, 0.717) is 18.0 Å². The summed E-state index contributed by atoms with van der Waals surface area (Å²) < 4.78 is 0. The second-order valence-corrected chi connectivity index (χ2v) is 7.38. The largest absolute Gasteiger partial charge is 0.325 e. The van der Waals surface area contributed by atoms with Gasteiger partial charge in [-0.3, -0.25) is 14.5 Å². The third-order valence-electron chi connectivity index (χ3n) is 4.75. The van der Waals surface area contributed by atoms with Crippen LogP contribution in [0.1, 0.15) is 44.7 Å². The maximum Gasteiger partial charge on any atom is 0.325 e. The molecule has 1 saturated heterocycles. The molecule has 6 heteroatoms. The van der Waals surface area contributed by atoms with Crippen molar-refractivity contribution < 1.29 is 14.4 Å². The highest BCUT2D eigenvalue weighted by Gasteiger charge is 2.47. The standard InChI is InChI=1S/C19H27N3O3/c1-12(2)9-10-19(5)17(24)22(18(25)21-19)11-16(23)20-15-8-6-7-13(3)14(15)4/h6-8,12H,9-11H2,1-5H3,(H,20,23)(H,21,25). The Balaban J connectivity index is 2.04. The first-order valence-corrected chi connectivity index (χ1v) is 8.64. The van der Waals surface area contributed by atoms with Gasteiger partial charge in [0, 0.05) is 5.69 Å². The summed E-state index contributed by atoms with van der Waals surface area (Å²) in [7, 11) is 0. The van der Waals surface area contributed by atoms with Gasteiger partial charge in [-0.25, -0.2) is 4.79 Å². The molecule has 136 valence electrons. The van der Waals surface area contributed by atoms with E-state index in [2.05, 4.69) is 24.5 Å². The molecule has 2 N–H and O–H groups in total. The Morgan fingerprint density at radius 1 is 1.28 bits per heavy atom.